The van der Waals surface area contributed by atoms with Gasteiger partial charge in [-0.1, -0.05) is 0 Å². The highest BCUT2D eigenvalue weighted by Gasteiger charge is 2.28. The second kappa shape index (κ2) is 8.46. The predicted molar refractivity (Wildman–Crippen MR) is 82.1 cm³/mol. The summed E-state index contributed by atoms with van der Waals surface area (Å²) in [7, 11) is 0. The SMILES string of the molecule is CC(C)(C)OC(=O)NC(CCSC[18F])C(=O)OC(C)(C)C. The first-order chi connectivity index (χ1) is 9.44. The van der Waals surface area contributed by atoms with E-state index in [1.165, 1.54) is 0 Å². The molecule has 1 unspecified atom stereocenters. The van der Waals surface area contributed by atoms with Crippen molar-refractivity contribution in [1.29, 1.82) is 0 Å². The van der Waals surface area contributed by atoms with Crippen LogP contribution in [0.1, 0.15) is 48.0 Å². The Morgan fingerprint density at radius 2 is 1.62 bits per heavy atom. The van der Waals surface area contributed by atoms with Crippen LogP contribution in [-0.4, -0.2) is 41.1 Å². The minimum Gasteiger partial charge on any atom is -0.458 e. The Labute approximate surface area is 130 Å². The lowest BCUT2D eigenvalue weighted by molar-refractivity contribution is -0.157. The zero-order chi connectivity index (χ0) is 16.7. The van der Waals surface area contributed by atoms with E-state index in [0.29, 0.717) is 5.75 Å². The molecule has 5 nitrogen and oxygen atoms in total. The van der Waals surface area contributed by atoms with Crippen LogP contribution in [0.15, 0.2) is 0 Å². The van der Waals surface area contributed by atoms with Gasteiger partial charge in [0.15, 0.2) is 0 Å². The number of hydrogen-bond acceptors (Lipinski definition) is 5. The highest BCUT2D eigenvalue weighted by atomic mass is 32.2. The van der Waals surface area contributed by atoms with Gasteiger partial charge < -0.3 is 14.8 Å². The Morgan fingerprint density at radius 1 is 1.10 bits per heavy atom. The summed E-state index contributed by atoms with van der Waals surface area (Å²) in [4.78, 5) is 23.8. The number of carbonyl (C=O) groups is 2. The second-order valence-electron chi connectivity index (χ2n) is 6.54. The maximum atomic E-state index is 12.1. The molecule has 124 valence electrons. The van der Waals surface area contributed by atoms with E-state index in [4.69, 9.17) is 9.47 Å². The monoisotopic (exact) mass is 322 g/mol. The lowest BCUT2D eigenvalue weighted by atomic mass is 10.1. The maximum Gasteiger partial charge on any atom is 0.408 e. The molecule has 0 aromatic heterocycles. The van der Waals surface area contributed by atoms with Crippen molar-refractivity contribution in [2.45, 2.75) is 65.2 Å². The fraction of sp³-hybridized carbons (Fsp3) is 0.857. The normalized spacial score (nSPS) is 13.5. The summed E-state index contributed by atoms with van der Waals surface area (Å²) in [6.45, 7) is 10.4. The molecule has 0 saturated heterocycles. The van der Waals surface area contributed by atoms with Gasteiger partial charge in [-0.2, -0.15) is 0 Å². The molecule has 0 spiro atoms. The van der Waals surface area contributed by atoms with E-state index in [1.807, 2.05) is 0 Å². The van der Waals surface area contributed by atoms with Crippen LogP contribution in [-0.2, 0) is 14.3 Å². The number of ether oxygens (including phenoxy) is 2. The molecule has 0 aliphatic carbocycles. The van der Waals surface area contributed by atoms with E-state index < -0.39 is 35.3 Å². The summed E-state index contributed by atoms with van der Waals surface area (Å²) in [6.07, 6.45) is -0.411. The van der Waals surface area contributed by atoms with Gasteiger partial charge in [-0.15, -0.1) is 11.8 Å². The summed E-state index contributed by atoms with van der Waals surface area (Å²) in [5.41, 5.74) is -1.31. The zero-order valence-electron chi connectivity index (χ0n) is 13.6. The van der Waals surface area contributed by atoms with Crippen molar-refractivity contribution in [3.8, 4) is 0 Å². The van der Waals surface area contributed by atoms with Crippen molar-refractivity contribution in [2.75, 3.05) is 11.8 Å². The van der Waals surface area contributed by atoms with E-state index in [9.17, 15) is 14.0 Å². The van der Waals surface area contributed by atoms with Crippen LogP contribution in [0.25, 0.3) is 0 Å². The first-order valence-corrected chi connectivity index (χ1v) is 7.96. The number of thioether (sulfide) groups is 1. The number of hydrogen-bond donors (Lipinski definition) is 1. The van der Waals surface area contributed by atoms with Gasteiger partial charge in [0, 0.05) is 0 Å². The molecule has 7 heteroatoms. The molecule has 0 heterocycles. The number of amides is 1. The quantitative estimate of drug-likeness (QED) is 0.600. The summed E-state index contributed by atoms with van der Waals surface area (Å²) >= 11 is 1.05. The summed E-state index contributed by atoms with van der Waals surface area (Å²) in [6, 6.07) is -1.38. The number of rotatable bonds is 6. The Morgan fingerprint density at radius 3 is 2.05 bits per heavy atom. The standard InChI is InChI=1S/C14H26FNO4S/c1-13(2,3)19-11(17)10(7-8-21-9-15)16-12(18)20-14(4,5)6/h10H,7-9H2,1-6H3,(H,16,18)/i15-1. The minimum atomic E-state index is -0.849. The summed E-state index contributed by atoms with van der Waals surface area (Å²) in [5.74, 6) is -0.149. The van der Waals surface area contributed by atoms with Crippen LogP contribution in [0.5, 0.6) is 0 Å². The molecule has 1 N–H and O–H groups in total. The molecular weight excluding hydrogens is 296 g/mol. The molecule has 0 aromatic carbocycles. The predicted octanol–water partition coefficient (Wildman–Crippen LogP) is 3.27. The van der Waals surface area contributed by atoms with Crippen LogP contribution in [0, 0.1) is 0 Å². The van der Waals surface area contributed by atoms with Gasteiger partial charge in [0.05, 0.1) is 0 Å². The maximum absolute atomic E-state index is 12.1. The first-order valence-electron chi connectivity index (χ1n) is 6.80. The van der Waals surface area contributed by atoms with E-state index in [2.05, 4.69) is 5.32 Å². The summed E-state index contributed by atoms with van der Waals surface area (Å²) < 4.78 is 22.5. The molecule has 0 aromatic rings. The van der Waals surface area contributed by atoms with Crippen LogP contribution in [0.2, 0.25) is 0 Å². The van der Waals surface area contributed by atoms with Crippen LogP contribution in [0.4, 0.5) is 9.18 Å². The lowest BCUT2D eigenvalue weighted by Crippen LogP contribution is -2.46. The van der Waals surface area contributed by atoms with Gasteiger partial charge >= 0.3 is 12.1 Å². The fourth-order valence-corrected chi connectivity index (χ4v) is 1.84. The van der Waals surface area contributed by atoms with Crippen molar-refractivity contribution in [3.05, 3.63) is 0 Å². The molecule has 0 aliphatic rings. The molecule has 1 amide bonds. The second-order valence-corrected chi connectivity index (χ2v) is 7.57. The average molecular weight is 322 g/mol. The molecule has 0 rings (SSSR count). The zero-order valence-corrected chi connectivity index (χ0v) is 14.4. The Kier molecular flexibility index (Phi) is 8.06. The van der Waals surface area contributed by atoms with Crippen molar-refractivity contribution in [2.24, 2.45) is 0 Å². The molecule has 21 heavy (non-hydrogen) atoms. The Bertz CT molecular complexity index is 350. The van der Waals surface area contributed by atoms with Gasteiger partial charge in [0.25, 0.3) is 0 Å². The van der Waals surface area contributed by atoms with Crippen molar-refractivity contribution < 1.29 is 23.5 Å². The fourth-order valence-electron chi connectivity index (χ4n) is 1.33. The molecule has 0 aliphatic heterocycles. The van der Waals surface area contributed by atoms with Crippen LogP contribution < -0.4 is 5.32 Å². The van der Waals surface area contributed by atoms with Crippen molar-refractivity contribution in [1.82, 2.24) is 5.32 Å². The molecule has 1 atom stereocenters. The third kappa shape index (κ3) is 11.4. The number of carbonyl (C=O) groups excluding carboxylic acids is 2. The van der Waals surface area contributed by atoms with Crippen LogP contribution >= 0.6 is 11.8 Å². The highest BCUT2D eigenvalue weighted by Crippen LogP contribution is 2.13. The average Bonchev–Trinajstić information content (AvgIpc) is 2.22. The lowest BCUT2D eigenvalue weighted by Gasteiger charge is -2.26. The smallest absolute Gasteiger partial charge is 0.408 e. The number of halogens is 1. The summed E-state index contributed by atoms with van der Waals surface area (Å²) in [5, 5.41) is 2.48. The van der Waals surface area contributed by atoms with Gasteiger partial charge in [0.2, 0.25) is 0 Å². The van der Waals surface area contributed by atoms with E-state index in [1.54, 1.807) is 41.5 Å². The first kappa shape index (κ1) is 20.0. The molecular formula is C14H26FNO4S. The van der Waals surface area contributed by atoms with Gasteiger partial charge in [-0.25, -0.2) is 14.0 Å². The van der Waals surface area contributed by atoms with Crippen molar-refractivity contribution in [3.63, 3.8) is 0 Å². The number of alkyl carbamates (subject to hydrolysis) is 1. The molecule has 0 radical (unpaired) electrons. The largest absolute Gasteiger partial charge is 0.458 e. The molecule has 0 fully saturated rings. The van der Waals surface area contributed by atoms with E-state index in [0.717, 1.165) is 11.8 Å². The van der Waals surface area contributed by atoms with E-state index in [-0.39, 0.29) is 6.42 Å². The minimum absolute atomic E-state index is 0.280. The Hall–Kier alpha value is -0.980. The van der Waals surface area contributed by atoms with Crippen molar-refractivity contribution >= 4 is 23.8 Å². The highest BCUT2D eigenvalue weighted by molar-refractivity contribution is 7.99. The number of alkyl halides is 1. The van der Waals surface area contributed by atoms with Gasteiger partial charge in [-0.3, -0.25) is 0 Å². The molecule has 0 bridgehead atoms. The third-order valence-corrected chi connectivity index (χ3v) is 2.69. The topological polar surface area (TPSA) is 64.6 Å². The molecule has 0 saturated carbocycles. The van der Waals surface area contributed by atoms with Gasteiger partial charge in [0.1, 0.15) is 23.3 Å². The number of esters is 1. The Balaban J connectivity index is 4.65. The van der Waals surface area contributed by atoms with Gasteiger partial charge in [-0.05, 0) is 53.7 Å². The third-order valence-electron chi connectivity index (χ3n) is 2.01. The number of nitrogens with one attached hydrogen (secondary N) is 1. The van der Waals surface area contributed by atoms with E-state index >= 15 is 0 Å². The van der Waals surface area contributed by atoms with Crippen LogP contribution in [0.3, 0.4) is 0 Å².